The Morgan fingerprint density at radius 1 is 0.500 bits per heavy atom. The second-order valence-corrected chi connectivity index (χ2v) is 19.9. The standard InChI is InChI=1S/C26H23F3N2.C26H22F3N2.C5H12O2.C5H8O2.2Ir/c2*1-14-6-15(2)9-19(8-14)24-25(20-10-16(3)7-17(4)11-20)31-23-18(5)12-21(26(27,28)29)13-22(23)30-24;2*1-4(6)3-5(2)7;;/h6-13H,1-5H3;6-8,10-13H,1-5H3;4-7H,3H2,1-2H3;3,6H,1-2H3;;/q;-1;;;;. The molecule has 16 heteroatoms. The molecule has 8 aromatic rings. The Balaban J connectivity index is 0.000000323. The number of aryl methyl sites for hydroxylation is 10. The van der Waals surface area contributed by atoms with Crippen LogP contribution in [0, 0.1) is 75.3 Å². The Hall–Kier alpha value is -5.99. The molecule has 8 nitrogen and oxygen atoms in total. The smallest absolute Gasteiger partial charge is 0.416 e. The molecular formula is C62H65F6Ir2N4O4-. The third-order valence-electron chi connectivity index (χ3n) is 11.6. The summed E-state index contributed by atoms with van der Waals surface area (Å²) in [7, 11) is 0. The number of aromatic nitrogens is 4. The van der Waals surface area contributed by atoms with Crippen molar-refractivity contribution in [2.75, 3.05) is 0 Å². The number of allylic oxidation sites excluding steroid dienone is 2. The average Bonchev–Trinajstić information content (AvgIpc) is 3.26. The number of carbonyl (C=O) groups is 1. The molecule has 0 fully saturated rings. The normalized spacial score (nSPS) is 12.2. The van der Waals surface area contributed by atoms with E-state index in [0.717, 1.165) is 91.0 Å². The summed E-state index contributed by atoms with van der Waals surface area (Å²) in [6.07, 6.45) is -7.99. The Morgan fingerprint density at radius 2 is 0.821 bits per heavy atom. The first-order valence-corrected chi connectivity index (χ1v) is 24.6. The minimum atomic E-state index is -4.45. The first-order chi connectivity index (χ1) is 35.3. The molecule has 2 atom stereocenters. The molecule has 3 N–H and O–H groups in total. The molecule has 6 aromatic carbocycles. The second-order valence-electron chi connectivity index (χ2n) is 19.9. The number of aliphatic hydroxyl groups is 3. The molecule has 2 radical (unpaired) electrons. The van der Waals surface area contributed by atoms with Crippen LogP contribution in [0.5, 0.6) is 0 Å². The van der Waals surface area contributed by atoms with Crippen LogP contribution in [-0.2, 0) is 57.4 Å². The molecule has 0 aliphatic rings. The molecule has 0 amide bonds. The summed E-state index contributed by atoms with van der Waals surface area (Å²) in [5.74, 6) is -0.0625. The van der Waals surface area contributed by atoms with Crippen LogP contribution < -0.4 is 0 Å². The summed E-state index contributed by atoms with van der Waals surface area (Å²) in [5.41, 5.74) is 15.1. The Morgan fingerprint density at radius 3 is 1.10 bits per heavy atom. The van der Waals surface area contributed by atoms with E-state index in [4.69, 9.17) is 35.3 Å². The second kappa shape index (κ2) is 27.7. The fourth-order valence-corrected chi connectivity index (χ4v) is 8.92. The molecule has 0 saturated heterocycles. The third kappa shape index (κ3) is 18.6. The van der Waals surface area contributed by atoms with E-state index in [1.807, 2.05) is 104 Å². The molecule has 0 spiro atoms. The summed E-state index contributed by atoms with van der Waals surface area (Å²) < 4.78 is 80.4. The minimum Gasteiger partial charge on any atom is -0.512 e. The molecule has 0 bridgehead atoms. The van der Waals surface area contributed by atoms with Crippen molar-refractivity contribution in [2.24, 2.45) is 0 Å². The summed E-state index contributed by atoms with van der Waals surface area (Å²) in [6, 6.07) is 30.0. The van der Waals surface area contributed by atoms with Gasteiger partial charge in [0, 0.05) is 63.1 Å². The molecule has 8 rings (SSSR count). The van der Waals surface area contributed by atoms with Gasteiger partial charge in [-0.15, -0.1) is 34.9 Å². The first-order valence-electron chi connectivity index (χ1n) is 24.6. The van der Waals surface area contributed by atoms with Gasteiger partial charge in [0.25, 0.3) is 0 Å². The van der Waals surface area contributed by atoms with Gasteiger partial charge >= 0.3 is 12.4 Å². The number of alkyl halides is 6. The topological polar surface area (TPSA) is 129 Å². The van der Waals surface area contributed by atoms with Crippen LogP contribution in [0.1, 0.15) is 101 Å². The number of hydrogen-bond acceptors (Lipinski definition) is 8. The first kappa shape index (κ1) is 66.3. The van der Waals surface area contributed by atoms with E-state index < -0.39 is 23.5 Å². The summed E-state index contributed by atoms with van der Waals surface area (Å²) in [5, 5.41) is 25.5. The predicted molar refractivity (Wildman–Crippen MR) is 292 cm³/mol. The number of rotatable bonds is 7. The maximum atomic E-state index is 13.4. The van der Waals surface area contributed by atoms with E-state index in [1.54, 1.807) is 27.7 Å². The maximum absolute atomic E-state index is 13.4. The van der Waals surface area contributed by atoms with Gasteiger partial charge in [-0.2, -0.15) is 26.3 Å². The Labute approximate surface area is 480 Å². The zero-order valence-corrected chi connectivity index (χ0v) is 50.9. The van der Waals surface area contributed by atoms with Gasteiger partial charge in [-0.3, -0.25) is 14.8 Å². The SMILES string of the molecule is CC(=O)C=C(C)O.CC(O)CC(C)O.Cc1[c-]c(-c2nc3cc(C(F)(F)F)cc(C)c3nc2-c2cc(C)cc(C)c2)cc(C)c1.Cc1cc(C)cc(-c2nc3cc(C(F)(F)F)cc(C)c3nc2-c2cc(C)cc(C)c2)c1.[Ir].[Ir]. The van der Waals surface area contributed by atoms with Crippen LogP contribution in [0.4, 0.5) is 26.3 Å². The number of hydrogen-bond donors (Lipinski definition) is 3. The fourth-order valence-electron chi connectivity index (χ4n) is 8.92. The molecular weight excluding hydrogens is 1360 g/mol. The van der Waals surface area contributed by atoms with Crippen LogP contribution in [0.15, 0.2) is 103 Å². The number of fused-ring (bicyclic) bond motifs is 2. The Kier molecular flexibility index (Phi) is 23.6. The van der Waals surface area contributed by atoms with Crippen molar-refractivity contribution < 1.29 is 86.7 Å². The molecule has 78 heavy (non-hydrogen) atoms. The molecule has 418 valence electrons. The van der Waals surface area contributed by atoms with E-state index in [-0.39, 0.29) is 75.0 Å². The molecule has 0 saturated carbocycles. The van der Waals surface area contributed by atoms with E-state index in [1.165, 1.54) is 19.9 Å². The number of halogens is 6. The quantitative estimate of drug-likeness (QED) is 0.0623. The van der Waals surface area contributed by atoms with Gasteiger partial charge < -0.3 is 15.3 Å². The summed E-state index contributed by atoms with van der Waals surface area (Å²) >= 11 is 0. The fraction of sp³-hybridized carbons (Fsp3) is 0.306. The summed E-state index contributed by atoms with van der Waals surface area (Å²) in [4.78, 5) is 29.2. The van der Waals surface area contributed by atoms with Crippen molar-refractivity contribution >= 4 is 27.9 Å². The Bertz CT molecular complexity index is 3170. The number of benzene rings is 6. The van der Waals surface area contributed by atoms with Gasteiger partial charge in [0.05, 0.1) is 68.2 Å². The van der Waals surface area contributed by atoms with Crippen LogP contribution in [0.2, 0.25) is 0 Å². The van der Waals surface area contributed by atoms with Gasteiger partial charge in [0.15, 0.2) is 5.78 Å². The number of carbonyl (C=O) groups excluding carboxylic acids is 1. The molecule has 2 heterocycles. The van der Waals surface area contributed by atoms with E-state index >= 15 is 0 Å². The maximum Gasteiger partial charge on any atom is 0.416 e. The number of nitrogens with zero attached hydrogens (tertiary/aromatic N) is 4. The van der Waals surface area contributed by atoms with Crippen molar-refractivity contribution in [3.63, 3.8) is 0 Å². The largest absolute Gasteiger partial charge is 0.512 e. The van der Waals surface area contributed by atoms with Gasteiger partial charge in [0.2, 0.25) is 0 Å². The van der Waals surface area contributed by atoms with E-state index in [9.17, 15) is 31.1 Å². The van der Waals surface area contributed by atoms with Crippen molar-refractivity contribution in [3.05, 3.63) is 176 Å². The molecule has 0 aliphatic heterocycles. The van der Waals surface area contributed by atoms with Gasteiger partial charge in [-0.1, -0.05) is 77.6 Å². The zero-order chi connectivity index (χ0) is 56.7. The van der Waals surface area contributed by atoms with Crippen LogP contribution >= 0.6 is 0 Å². The van der Waals surface area contributed by atoms with Crippen molar-refractivity contribution in [2.45, 2.75) is 128 Å². The third-order valence-corrected chi connectivity index (χ3v) is 11.6. The average molecular weight is 1430 g/mol. The zero-order valence-electron chi connectivity index (χ0n) is 46.1. The monoisotopic (exact) mass is 1430 g/mol. The van der Waals surface area contributed by atoms with Crippen LogP contribution in [-0.4, -0.2) is 53.2 Å². The number of aliphatic hydroxyl groups excluding tert-OH is 3. The van der Waals surface area contributed by atoms with E-state index in [0.29, 0.717) is 51.4 Å². The summed E-state index contributed by atoms with van der Waals surface area (Å²) in [6.45, 7) is 25.4. The number of ketones is 1. The van der Waals surface area contributed by atoms with Crippen molar-refractivity contribution in [1.29, 1.82) is 0 Å². The van der Waals surface area contributed by atoms with Gasteiger partial charge in [-0.05, 0) is 155 Å². The molecule has 0 aliphatic carbocycles. The van der Waals surface area contributed by atoms with Crippen LogP contribution in [0.3, 0.4) is 0 Å². The van der Waals surface area contributed by atoms with Crippen molar-refractivity contribution in [3.8, 4) is 45.0 Å². The predicted octanol–water partition coefficient (Wildman–Crippen LogP) is 16.0. The van der Waals surface area contributed by atoms with Gasteiger partial charge in [-0.25, -0.2) is 9.97 Å². The minimum absolute atomic E-state index is 0. The van der Waals surface area contributed by atoms with Gasteiger partial charge in [0.1, 0.15) is 0 Å². The molecule has 2 aromatic heterocycles. The molecule has 2 unspecified atom stereocenters. The van der Waals surface area contributed by atoms with Crippen LogP contribution in [0.25, 0.3) is 67.1 Å². The van der Waals surface area contributed by atoms with E-state index in [2.05, 4.69) is 24.3 Å². The van der Waals surface area contributed by atoms with Crippen molar-refractivity contribution in [1.82, 2.24) is 19.9 Å².